The standard InChI is InChI=1S/C8H11ClN2O2.C2H6/c1-5-3-8(11(12)13-2)7(10)4-6(5)9;1-2/h3-4,12H,10H2,1-2H3;1-2H3. The Hall–Kier alpha value is -0.970. The quantitative estimate of drug-likeness (QED) is 0.608. The minimum Gasteiger partial charge on any atom is -0.397 e. The van der Waals surface area contributed by atoms with Crippen molar-refractivity contribution in [3.8, 4) is 0 Å². The number of hydrogen-bond donors (Lipinski definition) is 2. The molecule has 86 valence electrons. The molecule has 0 heterocycles. The Balaban J connectivity index is 0.000000921. The van der Waals surface area contributed by atoms with Gasteiger partial charge in [-0.3, -0.25) is 10.0 Å². The van der Waals surface area contributed by atoms with Gasteiger partial charge in [-0.15, -0.1) is 5.23 Å². The fourth-order valence-electron chi connectivity index (χ4n) is 0.946. The van der Waals surface area contributed by atoms with Gasteiger partial charge >= 0.3 is 0 Å². The first-order chi connectivity index (χ1) is 7.06. The summed E-state index contributed by atoms with van der Waals surface area (Å²) in [6, 6.07) is 3.20. The molecule has 1 aromatic rings. The van der Waals surface area contributed by atoms with E-state index < -0.39 is 0 Å². The van der Waals surface area contributed by atoms with Crippen molar-refractivity contribution >= 4 is 23.0 Å². The van der Waals surface area contributed by atoms with Crippen LogP contribution in [0.4, 0.5) is 11.4 Å². The van der Waals surface area contributed by atoms with Crippen molar-refractivity contribution in [3.05, 3.63) is 22.7 Å². The number of benzene rings is 1. The summed E-state index contributed by atoms with van der Waals surface area (Å²) >= 11 is 5.81. The number of nitrogens with two attached hydrogens (primary N) is 1. The third-order valence-corrected chi connectivity index (χ3v) is 2.09. The Morgan fingerprint density at radius 1 is 1.40 bits per heavy atom. The van der Waals surface area contributed by atoms with E-state index in [9.17, 15) is 5.21 Å². The SMILES string of the molecule is CC.CON(O)c1cc(C)c(Cl)cc1N. The van der Waals surface area contributed by atoms with E-state index in [4.69, 9.17) is 17.3 Å². The van der Waals surface area contributed by atoms with Crippen molar-refractivity contribution in [2.75, 3.05) is 18.1 Å². The minimum atomic E-state index is 0.361. The van der Waals surface area contributed by atoms with Crippen molar-refractivity contribution in [2.24, 2.45) is 0 Å². The van der Waals surface area contributed by atoms with Gasteiger partial charge in [0, 0.05) is 5.02 Å². The van der Waals surface area contributed by atoms with E-state index in [1.54, 1.807) is 12.1 Å². The molecule has 0 atom stereocenters. The van der Waals surface area contributed by atoms with Crippen LogP contribution in [0.5, 0.6) is 0 Å². The summed E-state index contributed by atoms with van der Waals surface area (Å²) in [7, 11) is 1.34. The van der Waals surface area contributed by atoms with Gasteiger partial charge in [0.15, 0.2) is 0 Å². The van der Waals surface area contributed by atoms with Crippen LogP contribution in [0.2, 0.25) is 5.02 Å². The van der Waals surface area contributed by atoms with Crippen molar-refractivity contribution in [1.82, 2.24) is 0 Å². The van der Waals surface area contributed by atoms with Crippen LogP contribution in [0.1, 0.15) is 19.4 Å². The average Bonchev–Trinajstić information content (AvgIpc) is 2.25. The lowest BCUT2D eigenvalue weighted by Crippen LogP contribution is -2.17. The summed E-state index contributed by atoms with van der Waals surface area (Å²) in [5.41, 5.74) is 7.16. The molecule has 5 heteroatoms. The lowest BCUT2D eigenvalue weighted by atomic mass is 10.2. The van der Waals surface area contributed by atoms with Gasteiger partial charge in [-0.05, 0) is 24.6 Å². The largest absolute Gasteiger partial charge is 0.397 e. The molecule has 0 bridgehead atoms. The summed E-state index contributed by atoms with van der Waals surface area (Å²) in [4.78, 5) is 4.58. The van der Waals surface area contributed by atoms with Crippen LogP contribution in [0.15, 0.2) is 12.1 Å². The van der Waals surface area contributed by atoms with E-state index in [0.29, 0.717) is 21.6 Å². The van der Waals surface area contributed by atoms with E-state index in [-0.39, 0.29) is 0 Å². The van der Waals surface area contributed by atoms with Crippen LogP contribution in [0, 0.1) is 6.92 Å². The smallest absolute Gasteiger partial charge is 0.118 e. The molecular weight excluding hydrogens is 216 g/mol. The van der Waals surface area contributed by atoms with E-state index in [0.717, 1.165) is 5.56 Å². The van der Waals surface area contributed by atoms with Crippen molar-refractivity contribution in [1.29, 1.82) is 0 Å². The summed E-state index contributed by atoms with van der Waals surface area (Å²) in [5, 5.41) is 10.4. The van der Waals surface area contributed by atoms with Crippen LogP contribution in [0.25, 0.3) is 0 Å². The third kappa shape index (κ3) is 3.58. The highest BCUT2D eigenvalue weighted by atomic mass is 35.5. The molecule has 0 unspecified atom stereocenters. The number of anilines is 2. The van der Waals surface area contributed by atoms with Gasteiger partial charge < -0.3 is 5.73 Å². The molecule has 0 fully saturated rings. The molecule has 0 radical (unpaired) electrons. The van der Waals surface area contributed by atoms with Crippen LogP contribution < -0.4 is 11.0 Å². The summed E-state index contributed by atoms with van der Waals surface area (Å²) < 4.78 is 0. The predicted molar refractivity (Wildman–Crippen MR) is 63.2 cm³/mol. The van der Waals surface area contributed by atoms with Gasteiger partial charge in [0.05, 0.1) is 12.8 Å². The number of nitrogen functional groups attached to an aromatic ring is 1. The first-order valence-corrected chi connectivity index (χ1v) is 5.02. The Morgan fingerprint density at radius 3 is 2.40 bits per heavy atom. The summed E-state index contributed by atoms with van der Waals surface area (Å²) in [5.74, 6) is 0. The predicted octanol–water partition coefficient (Wildman–Crippen LogP) is 3.01. The fourth-order valence-corrected chi connectivity index (χ4v) is 1.12. The van der Waals surface area contributed by atoms with Gasteiger partial charge in [-0.1, -0.05) is 25.4 Å². The molecule has 15 heavy (non-hydrogen) atoms. The second-order valence-electron chi connectivity index (χ2n) is 2.62. The highest BCUT2D eigenvalue weighted by Gasteiger charge is 2.08. The number of rotatable bonds is 2. The zero-order valence-electron chi connectivity index (χ0n) is 9.41. The van der Waals surface area contributed by atoms with Crippen LogP contribution in [-0.4, -0.2) is 12.3 Å². The van der Waals surface area contributed by atoms with E-state index in [2.05, 4.69) is 4.84 Å². The molecule has 0 spiro atoms. The molecule has 0 saturated heterocycles. The van der Waals surface area contributed by atoms with Gasteiger partial charge in [-0.2, -0.15) is 0 Å². The molecular formula is C10H17ClN2O2. The van der Waals surface area contributed by atoms with E-state index in [1.165, 1.54) is 7.11 Å². The van der Waals surface area contributed by atoms with Crippen LogP contribution in [-0.2, 0) is 4.84 Å². The molecule has 0 amide bonds. The molecule has 0 saturated carbocycles. The lowest BCUT2D eigenvalue weighted by molar-refractivity contribution is -0.0106. The fraction of sp³-hybridized carbons (Fsp3) is 0.400. The number of aryl methyl sites for hydroxylation is 1. The Bertz CT molecular complexity index is 319. The van der Waals surface area contributed by atoms with E-state index in [1.807, 2.05) is 20.8 Å². The highest BCUT2D eigenvalue weighted by molar-refractivity contribution is 6.31. The maximum atomic E-state index is 9.21. The molecule has 3 N–H and O–H groups in total. The zero-order chi connectivity index (χ0) is 12.0. The molecule has 4 nitrogen and oxygen atoms in total. The average molecular weight is 233 g/mol. The maximum Gasteiger partial charge on any atom is 0.118 e. The molecule has 0 aliphatic heterocycles. The van der Waals surface area contributed by atoms with Gasteiger partial charge in [0.2, 0.25) is 0 Å². The normalized spacial score (nSPS) is 9.20. The van der Waals surface area contributed by atoms with Gasteiger partial charge in [0.25, 0.3) is 0 Å². The Morgan fingerprint density at radius 2 is 1.93 bits per heavy atom. The second-order valence-corrected chi connectivity index (χ2v) is 3.02. The number of nitrogens with zero attached hydrogens (tertiary/aromatic N) is 1. The highest BCUT2D eigenvalue weighted by Crippen LogP contribution is 2.28. The molecule has 0 aromatic heterocycles. The van der Waals surface area contributed by atoms with Gasteiger partial charge in [0.1, 0.15) is 5.69 Å². The monoisotopic (exact) mass is 232 g/mol. The molecule has 1 aromatic carbocycles. The zero-order valence-corrected chi connectivity index (χ0v) is 10.2. The first kappa shape index (κ1) is 14.0. The number of halogens is 1. The maximum absolute atomic E-state index is 9.21. The van der Waals surface area contributed by atoms with E-state index >= 15 is 0 Å². The van der Waals surface area contributed by atoms with Gasteiger partial charge in [-0.25, -0.2) is 0 Å². The van der Waals surface area contributed by atoms with Crippen molar-refractivity contribution in [3.63, 3.8) is 0 Å². The minimum absolute atomic E-state index is 0.361. The molecule has 1 rings (SSSR count). The molecule has 0 aliphatic carbocycles. The van der Waals surface area contributed by atoms with Crippen molar-refractivity contribution in [2.45, 2.75) is 20.8 Å². The Kier molecular flexibility index (Phi) is 6.08. The second kappa shape index (κ2) is 6.50. The first-order valence-electron chi connectivity index (χ1n) is 4.65. The summed E-state index contributed by atoms with van der Waals surface area (Å²) in [6.07, 6.45) is 0. The van der Waals surface area contributed by atoms with Crippen LogP contribution >= 0.6 is 11.6 Å². The topological polar surface area (TPSA) is 58.7 Å². The van der Waals surface area contributed by atoms with Crippen LogP contribution in [0.3, 0.4) is 0 Å². The summed E-state index contributed by atoms with van der Waals surface area (Å²) in [6.45, 7) is 5.81. The Labute approximate surface area is 95.1 Å². The third-order valence-electron chi connectivity index (χ3n) is 1.69. The molecule has 0 aliphatic rings. The number of hydrogen-bond acceptors (Lipinski definition) is 4. The van der Waals surface area contributed by atoms with Crippen molar-refractivity contribution < 1.29 is 10.0 Å². The lowest BCUT2D eigenvalue weighted by Gasteiger charge is -2.16.